The second-order valence-electron chi connectivity index (χ2n) is 6.29. The second kappa shape index (κ2) is 8.80. The molecule has 0 fully saturated rings. The lowest BCUT2D eigenvalue weighted by Crippen LogP contribution is -2.20. The van der Waals surface area contributed by atoms with Crippen LogP contribution < -0.4 is 9.47 Å². The van der Waals surface area contributed by atoms with E-state index in [0.717, 1.165) is 35.5 Å². The average molecular weight is 322 g/mol. The predicted molar refractivity (Wildman–Crippen MR) is 92.4 cm³/mol. The number of rotatable bonds is 9. The molecule has 0 amide bonds. The third-order valence-corrected chi connectivity index (χ3v) is 4.02. The van der Waals surface area contributed by atoms with E-state index in [1.165, 1.54) is 7.11 Å². The van der Waals surface area contributed by atoms with Crippen molar-refractivity contribution in [2.24, 2.45) is 0 Å². The molecule has 0 aliphatic heterocycles. The highest BCUT2D eigenvalue weighted by atomic mass is 16.5. The van der Waals surface area contributed by atoms with Gasteiger partial charge in [-0.25, -0.2) is 0 Å². The number of carbonyl (C=O) groups excluding carboxylic acids is 1. The Morgan fingerprint density at radius 1 is 1.09 bits per heavy atom. The van der Waals surface area contributed by atoms with Gasteiger partial charge in [0.25, 0.3) is 0 Å². The third-order valence-electron chi connectivity index (χ3n) is 4.02. The summed E-state index contributed by atoms with van der Waals surface area (Å²) in [6, 6.07) is 4.13. The quantitative estimate of drug-likeness (QED) is 0.632. The number of hydrogen-bond donors (Lipinski definition) is 0. The van der Waals surface area contributed by atoms with Crippen molar-refractivity contribution in [1.29, 1.82) is 0 Å². The monoisotopic (exact) mass is 322 g/mol. The summed E-state index contributed by atoms with van der Waals surface area (Å²) in [4.78, 5) is 11.3. The Labute approximate surface area is 140 Å². The molecule has 0 saturated heterocycles. The fourth-order valence-corrected chi connectivity index (χ4v) is 2.69. The van der Waals surface area contributed by atoms with E-state index in [9.17, 15) is 4.79 Å². The van der Waals surface area contributed by atoms with E-state index in [-0.39, 0.29) is 11.4 Å². The minimum absolute atomic E-state index is 0.113. The molecule has 23 heavy (non-hydrogen) atoms. The number of methoxy groups -OCH3 is 1. The van der Waals surface area contributed by atoms with E-state index >= 15 is 0 Å². The van der Waals surface area contributed by atoms with Crippen LogP contribution in [0.2, 0.25) is 0 Å². The highest BCUT2D eigenvalue weighted by Gasteiger charge is 2.26. The third kappa shape index (κ3) is 5.45. The van der Waals surface area contributed by atoms with Crippen LogP contribution in [0.15, 0.2) is 12.1 Å². The van der Waals surface area contributed by atoms with Gasteiger partial charge in [0.15, 0.2) is 0 Å². The van der Waals surface area contributed by atoms with Crippen LogP contribution in [0.3, 0.4) is 0 Å². The van der Waals surface area contributed by atoms with E-state index in [0.29, 0.717) is 19.6 Å². The van der Waals surface area contributed by atoms with Gasteiger partial charge in [0.1, 0.15) is 11.5 Å². The molecule has 0 spiro atoms. The van der Waals surface area contributed by atoms with E-state index < -0.39 is 0 Å². The van der Waals surface area contributed by atoms with Gasteiger partial charge < -0.3 is 14.2 Å². The van der Waals surface area contributed by atoms with Gasteiger partial charge in [-0.15, -0.1) is 0 Å². The van der Waals surface area contributed by atoms with Crippen molar-refractivity contribution in [3.63, 3.8) is 0 Å². The smallest absolute Gasteiger partial charge is 0.305 e. The molecule has 4 heteroatoms. The minimum Gasteiger partial charge on any atom is -0.494 e. The number of aryl methyl sites for hydroxylation is 1. The first kappa shape index (κ1) is 19.3. The molecule has 0 aromatic heterocycles. The van der Waals surface area contributed by atoms with Gasteiger partial charge in [0, 0.05) is 12.0 Å². The SMILES string of the molecule is CCOc1cc(C(C)(C)CCCC(=O)OC)c(OCC)cc1C. The maximum Gasteiger partial charge on any atom is 0.305 e. The summed E-state index contributed by atoms with van der Waals surface area (Å²) in [6.07, 6.45) is 2.09. The van der Waals surface area contributed by atoms with Gasteiger partial charge in [-0.2, -0.15) is 0 Å². The number of ether oxygens (including phenoxy) is 3. The molecule has 1 aromatic rings. The molecule has 0 aliphatic rings. The van der Waals surface area contributed by atoms with Crippen LogP contribution >= 0.6 is 0 Å². The second-order valence-corrected chi connectivity index (χ2v) is 6.29. The van der Waals surface area contributed by atoms with Crippen LogP contribution in [-0.4, -0.2) is 26.3 Å². The van der Waals surface area contributed by atoms with Crippen LogP contribution in [0.25, 0.3) is 0 Å². The zero-order chi connectivity index (χ0) is 17.5. The van der Waals surface area contributed by atoms with Gasteiger partial charge in [-0.05, 0) is 56.7 Å². The summed E-state index contributed by atoms with van der Waals surface area (Å²) in [5.74, 6) is 1.63. The Hall–Kier alpha value is -1.71. The molecule has 130 valence electrons. The van der Waals surface area contributed by atoms with E-state index in [1.807, 2.05) is 26.8 Å². The maximum absolute atomic E-state index is 11.3. The summed E-state index contributed by atoms with van der Waals surface area (Å²) in [7, 11) is 1.43. The van der Waals surface area contributed by atoms with Crippen molar-refractivity contribution < 1.29 is 19.0 Å². The molecule has 0 bridgehead atoms. The predicted octanol–water partition coefficient (Wildman–Crippen LogP) is 4.41. The molecule has 0 unspecified atom stereocenters. The number of esters is 1. The zero-order valence-electron chi connectivity index (χ0n) is 15.3. The fourth-order valence-electron chi connectivity index (χ4n) is 2.69. The normalized spacial score (nSPS) is 11.2. The Balaban J connectivity index is 3.04. The average Bonchev–Trinajstić information content (AvgIpc) is 2.49. The van der Waals surface area contributed by atoms with E-state index in [1.54, 1.807) is 0 Å². The highest BCUT2D eigenvalue weighted by Crippen LogP contribution is 2.39. The van der Waals surface area contributed by atoms with E-state index in [4.69, 9.17) is 14.2 Å². The van der Waals surface area contributed by atoms with Gasteiger partial charge in [-0.3, -0.25) is 4.79 Å². The van der Waals surface area contributed by atoms with Crippen molar-refractivity contribution in [3.8, 4) is 11.5 Å². The molecule has 1 aromatic carbocycles. The summed E-state index contributed by atoms with van der Waals surface area (Å²) >= 11 is 0. The Bertz CT molecular complexity index is 520. The minimum atomic E-state index is -0.162. The Morgan fingerprint density at radius 2 is 1.70 bits per heavy atom. The lowest BCUT2D eigenvalue weighted by atomic mass is 9.79. The molecule has 0 saturated carbocycles. The van der Waals surface area contributed by atoms with Crippen molar-refractivity contribution in [1.82, 2.24) is 0 Å². The van der Waals surface area contributed by atoms with Crippen molar-refractivity contribution in [3.05, 3.63) is 23.3 Å². The fraction of sp³-hybridized carbons (Fsp3) is 0.632. The molecular formula is C19H30O4. The molecule has 0 heterocycles. The summed E-state index contributed by atoms with van der Waals surface area (Å²) in [5, 5.41) is 0. The first-order valence-corrected chi connectivity index (χ1v) is 8.33. The van der Waals surface area contributed by atoms with Crippen molar-refractivity contribution in [2.45, 2.75) is 59.3 Å². The standard InChI is InChI=1S/C19H30O4/c1-7-22-16-13-15(17(23-8-2)12-14(16)3)19(4,5)11-9-10-18(20)21-6/h12-13H,7-11H2,1-6H3. The number of hydrogen-bond acceptors (Lipinski definition) is 4. The molecule has 1 rings (SSSR count). The first-order valence-electron chi connectivity index (χ1n) is 8.33. The Morgan fingerprint density at radius 3 is 2.26 bits per heavy atom. The summed E-state index contributed by atoms with van der Waals surface area (Å²) < 4.78 is 16.3. The first-order chi connectivity index (χ1) is 10.9. The van der Waals surface area contributed by atoms with Crippen LogP contribution in [0.4, 0.5) is 0 Å². The Kier molecular flexibility index (Phi) is 7.40. The molecular weight excluding hydrogens is 292 g/mol. The lowest BCUT2D eigenvalue weighted by Gasteiger charge is -2.28. The molecule has 4 nitrogen and oxygen atoms in total. The van der Waals surface area contributed by atoms with Crippen LogP contribution in [-0.2, 0) is 14.9 Å². The summed E-state index contributed by atoms with van der Waals surface area (Å²) in [5.41, 5.74) is 2.08. The summed E-state index contributed by atoms with van der Waals surface area (Å²) in [6.45, 7) is 11.6. The van der Waals surface area contributed by atoms with Gasteiger partial charge in [-0.1, -0.05) is 13.8 Å². The molecule has 0 radical (unpaired) electrons. The van der Waals surface area contributed by atoms with Gasteiger partial charge in [0.05, 0.1) is 20.3 Å². The van der Waals surface area contributed by atoms with E-state index in [2.05, 4.69) is 19.9 Å². The van der Waals surface area contributed by atoms with Gasteiger partial charge in [0.2, 0.25) is 0 Å². The molecule has 0 atom stereocenters. The van der Waals surface area contributed by atoms with Crippen molar-refractivity contribution in [2.75, 3.05) is 20.3 Å². The highest BCUT2D eigenvalue weighted by molar-refractivity contribution is 5.69. The van der Waals surface area contributed by atoms with Crippen LogP contribution in [0.1, 0.15) is 58.1 Å². The number of benzene rings is 1. The number of carbonyl (C=O) groups is 1. The van der Waals surface area contributed by atoms with Crippen molar-refractivity contribution >= 4 is 5.97 Å². The van der Waals surface area contributed by atoms with Crippen LogP contribution in [0.5, 0.6) is 11.5 Å². The molecule has 0 aliphatic carbocycles. The van der Waals surface area contributed by atoms with Gasteiger partial charge >= 0.3 is 5.97 Å². The van der Waals surface area contributed by atoms with Crippen LogP contribution in [0, 0.1) is 6.92 Å². The largest absolute Gasteiger partial charge is 0.494 e. The zero-order valence-corrected chi connectivity index (χ0v) is 15.3. The topological polar surface area (TPSA) is 44.8 Å². The molecule has 0 N–H and O–H groups in total. The lowest BCUT2D eigenvalue weighted by molar-refractivity contribution is -0.140. The maximum atomic E-state index is 11.3.